The molecule has 1 aromatic carbocycles. The molecule has 3 heteroatoms. The van der Waals surface area contributed by atoms with E-state index in [-0.39, 0.29) is 6.10 Å². The van der Waals surface area contributed by atoms with Gasteiger partial charge in [0.15, 0.2) is 0 Å². The second-order valence-corrected chi connectivity index (χ2v) is 5.77. The molecule has 1 aliphatic rings. The van der Waals surface area contributed by atoms with Gasteiger partial charge in [0.05, 0.1) is 6.10 Å². The summed E-state index contributed by atoms with van der Waals surface area (Å²) in [4.78, 5) is 0. The Morgan fingerprint density at radius 2 is 1.88 bits per heavy atom. The summed E-state index contributed by atoms with van der Waals surface area (Å²) < 4.78 is 1.16. The minimum absolute atomic E-state index is 0.0770. The molecule has 1 aromatic rings. The maximum atomic E-state index is 9.49. The zero-order chi connectivity index (χ0) is 12.3. The van der Waals surface area contributed by atoms with Crippen molar-refractivity contribution in [3.63, 3.8) is 0 Å². The average Bonchev–Trinajstić information content (AvgIpc) is 2.32. The molecule has 1 fully saturated rings. The van der Waals surface area contributed by atoms with Crippen LogP contribution >= 0.6 is 15.9 Å². The van der Waals surface area contributed by atoms with Crippen molar-refractivity contribution in [3.8, 4) is 0 Å². The number of benzene rings is 1. The first kappa shape index (κ1) is 13.1. The fraction of sp³-hybridized carbons (Fsp3) is 0.571. The minimum Gasteiger partial charge on any atom is -0.393 e. The predicted molar refractivity (Wildman–Crippen MR) is 74.0 cm³/mol. The largest absolute Gasteiger partial charge is 0.393 e. The van der Waals surface area contributed by atoms with Crippen LogP contribution in [0.2, 0.25) is 0 Å². The van der Waals surface area contributed by atoms with E-state index in [0.29, 0.717) is 12.1 Å². The third-order valence-electron chi connectivity index (χ3n) is 3.55. The van der Waals surface area contributed by atoms with E-state index in [2.05, 4.69) is 46.4 Å². The van der Waals surface area contributed by atoms with E-state index in [0.717, 1.165) is 30.2 Å². The Morgan fingerprint density at radius 3 is 2.53 bits per heavy atom. The van der Waals surface area contributed by atoms with E-state index in [4.69, 9.17) is 0 Å². The average molecular weight is 298 g/mol. The summed E-state index contributed by atoms with van der Waals surface area (Å²) in [5.41, 5.74) is 1.30. The number of hydrogen-bond acceptors (Lipinski definition) is 2. The Morgan fingerprint density at radius 1 is 1.24 bits per heavy atom. The van der Waals surface area contributed by atoms with Gasteiger partial charge in [0.25, 0.3) is 0 Å². The van der Waals surface area contributed by atoms with Crippen LogP contribution < -0.4 is 5.32 Å². The third-order valence-corrected chi connectivity index (χ3v) is 4.28. The molecule has 2 rings (SSSR count). The molecule has 0 saturated heterocycles. The molecule has 0 aliphatic heterocycles. The van der Waals surface area contributed by atoms with Crippen molar-refractivity contribution in [1.82, 2.24) is 5.32 Å². The zero-order valence-electron chi connectivity index (χ0n) is 10.2. The second-order valence-electron chi connectivity index (χ2n) is 4.92. The van der Waals surface area contributed by atoms with Crippen LogP contribution in [-0.4, -0.2) is 17.3 Å². The summed E-state index contributed by atoms with van der Waals surface area (Å²) in [6, 6.07) is 9.24. The van der Waals surface area contributed by atoms with E-state index in [1.807, 2.05) is 6.07 Å². The van der Waals surface area contributed by atoms with E-state index in [1.165, 1.54) is 5.56 Å². The van der Waals surface area contributed by atoms with Crippen molar-refractivity contribution in [2.24, 2.45) is 0 Å². The lowest BCUT2D eigenvalue weighted by Crippen LogP contribution is -2.36. The number of aliphatic hydroxyl groups excluding tert-OH is 1. The van der Waals surface area contributed by atoms with Gasteiger partial charge in [0.2, 0.25) is 0 Å². The summed E-state index contributed by atoms with van der Waals surface area (Å²) in [6.45, 7) is 2.20. The van der Waals surface area contributed by atoms with Crippen molar-refractivity contribution in [3.05, 3.63) is 34.3 Å². The van der Waals surface area contributed by atoms with Crippen LogP contribution in [0.4, 0.5) is 0 Å². The Bertz CT molecular complexity index is 361. The molecule has 0 heterocycles. The van der Waals surface area contributed by atoms with Crippen molar-refractivity contribution in [2.75, 3.05) is 0 Å². The summed E-state index contributed by atoms with van der Waals surface area (Å²) >= 11 is 3.59. The van der Waals surface area contributed by atoms with Gasteiger partial charge in [-0.1, -0.05) is 34.1 Å². The van der Waals surface area contributed by atoms with Crippen molar-refractivity contribution in [2.45, 2.75) is 50.8 Å². The van der Waals surface area contributed by atoms with E-state index >= 15 is 0 Å². The highest BCUT2D eigenvalue weighted by atomic mass is 79.9. The van der Waals surface area contributed by atoms with E-state index < -0.39 is 0 Å². The quantitative estimate of drug-likeness (QED) is 0.896. The molecule has 0 unspecified atom stereocenters. The molecule has 1 atom stereocenters. The van der Waals surface area contributed by atoms with Crippen LogP contribution in [0.25, 0.3) is 0 Å². The minimum atomic E-state index is -0.0770. The molecular weight excluding hydrogens is 278 g/mol. The Labute approximate surface area is 112 Å². The van der Waals surface area contributed by atoms with Gasteiger partial charge in [-0.2, -0.15) is 0 Å². The molecule has 0 amide bonds. The van der Waals surface area contributed by atoms with Crippen LogP contribution in [0.5, 0.6) is 0 Å². The summed E-state index contributed by atoms with van der Waals surface area (Å²) in [5.74, 6) is 0. The number of nitrogens with one attached hydrogen (secondary N) is 1. The Hall–Kier alpha value is -0.380. The van der Waals surface area contributed by atoms with Gasteiger partial charge in [-0.15, -0.1) is 0 Å². The lowest BCUT2D eigenvalue weighted by molar-refractivity contribution is 0.114. The normalized spacial score (nSPS) is 26.8. The summed E-state index contributed by atoms with van der Waals surface area (Å²) in [5, 5.41) is 13.1. The van der Waals surface area contributed by atoms with Crippen molar-refractivity contribution < 1.29 is 5.11 Å². The molecule has 1 saturated carbocycles. The molecule has 2 nitrogen and oxygen atoms in total. The molecular formula is C14H20BrNO. The lowest BCUT2D eigenvalue weighted by Gasteiger charge is -2.29. The molecule has 17 heavy (non-hydrogen) atoms. The monoisotopic (exact) mass is 297 g/mol. The van der Waals surface area contributed by atoms with Gasteiger partial charge in [-0.25, -0.2) is 0 Å². The highest BCUT2D eigenvalue weighted by Gasteiger charge is 2.21. The van der Waals surface area contributed by atoms with Crippen LogP contribution in [0.1, 0.15) is 44.2 Å². The van der Waals surface area contributed by atoms with Crippen LogP contribution in [-0.2, 0) is 0 Å². The van der Waals surface area contributed by atoms with Gasteiger partial charge in [0, 0.05) is 16.6 Å². The smallest absolute Gasteiger partial charge is 0.0541 e. The van der Waals surface area contributed by atoms with E-state index in [1.54, 1.807) is 0 Å². The number of aliphatic hydroxyl groups is 1. The maximum absolute atomic E-state index is 9.49. The second kappa shape index (κ2) is 5.98. The maximum Gasteiger partial charge on any atom is 0.0541 e. The Balaban J connectivity index is 1.93. The highest BCUT2D eigenvalue weighted by molar-refractivity contribution is 9.10. The SMILES string of the molecule is C[C@H](NC1CCC(O)CC1)c1ccccc1Br. The molecule has 0 aromatic heterocycles. The number of halogens is 1. The topological polar surface area (TPSA) is 32.3 Å². The van der Waals surface area contributed by atoms with Gasteiger partial charge in [-0.05, 0) is 44.2 Å². The van der Waals surface area contributed by atoms with Gasteiger partial charge >= 0.3 is 0 Å². The molecule has 1 aliphatic carbocycles. The summed E-state index contributed by atoms with van der Waals surface area (Å²) in [6.07, 6.45) is 3.94. The highest BCUT2D eigenvalue weighted by Crippen LogP contribution is 2.26. The zero-order valence-corrected chi connectivity index (χ0v) is 11.8. The Kier molecular flexibility index (Phi) is 4.60. The van der Waals surface area contributed by atoms with Crippen molar-refractivity contribution in [1.29, 1.82) is 0 Å². The lowest BCUT2D eigenvalue weighted by atomic mass is 9.92. The van der Waals surface area contributed by atoms with Gasteiger partial charge in [0.1, 0.15) is 0 Å². The molecule has 0 bridgehead atoms. The van der Waals surface area contributed by atoms with Crippen molar-refractivity contribution >= 4 is 15.9 Å². The molecule has 0 spiro atoms. The van der Waals surface area contributed by atoms with Gasteiger partial charge in [-0.3, -0.25) is 0 Å². The van der Waals surface area contributed by atoms with Crippen LogP contribution in [0.3, 0.4) is 0 Å². The first-order valence-corrected chi connectivity index (χ1v) is 7.14. The van der Waals surface area contributed by atoms with E-state index in [9.17, 15) is 5.11 Å². The first-order chi connectivity index (χ1) is 8.16. The van der Waals surface area contributed by atoms with Crippen LogP contribution in [0, 0.1) is 0 Å². The number of rotatable bonds is 3. The molecule has 2 N–H and O–H groups in total. The van der Waals surface area contributed by atoms with Crippen LogP contribution in [0.15, 0.2) is 28.7 Å². The first-order valence-electron chi connectivity index (χ1n) is 6.35. The predicted octanol–water partition coefficient (Wildman–Crippen LogP) is 3.40. The fourth-order valence-corrected chi connectivity index (χ4v) is 3.14. The molecule has 94 valence electrons. The number of hydrogen-bond donors (Lipinski definition) is 2. The fourth-order valence-electron chi connectivity index (χ4n) is 2.51. The molecule has 0 radical (unpaired) electrons. The standard InChI is InChI=1S/C14H20BrNO/c1-10(13-4-2-3-5-14(13)15)16-11-6-8-12(17)9-7-11/h2-5,10-12,16-17H,6-9H2,1H3/t10-,11?,12?/m0/s1. The van der Waals surface area contributed by atoms with Gasteiger partial charge < -0.3 is 10.4 Å². The summed E-state index contributed by atoms with van der Waals surface area (Å²) in [7, 11) is 0. The third kappa shape index (κ3) is 3.54.